The number of aliphatic hydroxyl groups excluding tert-OH is 7. The van der Waals surface area contributed by atoms with Crippen LogP contribution >= 0.6 is 0 Å². The minimum atomic E-state index is -1.67. The summed E-state index contributed by atoms with van der Waals surface area (Å²) in [4.78, 5) is 13.1. The summed E-state index contributed by atoms with van der Waals surface area (Å²) in [5.74, 6) is -0.719. The zero-order chi connectivity index (χ0) is 49.7. The molecule has 0 spiro atoms. The van der Waals surface area contributed by atoms with E-state index in [1.165, 1.54) is 122 Å². The molecule has 0 aromatic rings. The number of aliphatic hydroxyl groups is 7. The Morgan fingerprint density at radius 1 is 0.500 bits per heavy atom. The molecule has 0 aromatic carbocycles. The van der Waals surface area contributed by atoms with Crippen molar-refractivity contribution in [1.29, 1.82) is 0 Å². The molecule has 0 saturated carbocycles. The highest BCUT2D eigenvalue weighted by Crippen LogP contribution is 2.23. The van der Waals surface area contributed by atoms with Gasteiger partial charge in [-0.1, -0.05) is 197 Å². The Kier molecular flexibility index (Phi) is 43.5. The van der Waals surface area contributed by atoms with Crippen LogP contribution in [-0.2, 0) is 14.3 Å². The number of nitrogens with one attached hydrogen (secondary N) is 1. The van der Waals surface area contributed by atoms with Gasteiger partial charge in [-0.3, -0.25) is 4.79 Å². The lowest BCUT2D eigenvalue weighted by molar-refractivity contribution is -0.303. The maximum atomic E-state index is 13.1. The fourth-order valence-corrected chi connectivity index (χ4v) is 8.70. The van der Waals surface area contributed by atoms with Gasteiger partial charge in [0.2, 0.25) is 5.91 Å². The van der Waals surface area contributed by atoms with Crippen molar-refractivity contribution in [2.24, 2.45) is 0 Å². The Hall–Kier alpha value is -1.93. The normalized spacial score (nSPS) is 20.9. The van der Waals surface area contributed by atoms with E-state index in [1.807, 2.05) is 0 Å². The topological polar surface area (TPSA) is 189 Å². The van der Waals surface area contributed by atoms with Crippen LogP contribution in [0.3, 0.4) is 0 Å². The van der Waals surface area contributed by atoms with Crippen LogP contribution in [0.5, 0.6) is 0 Å². The average Bonchev–Trinajstić information content (AvgIpc) is 3.34. The highest BCUT2D eigenvalue weighted by atomic mass is 16.7. The summed E-state index contributed by atoms with van der Waals surface area (Å²) in [5, 5.41) is 75.9. The van der Waals surface area contributed by atoms with Crippen molar-refractivity contribution in [3.63, 3.8) is 0 Å². The number of rotatable bonds is 47. The van der Waals surface area contributed by atoms with Crippen molar-refractivity contribution < 1.29 is 50.0 Å². The van der Waals surface area contributed by atoms with E-state index in [2.05, 4.69) is 67.8 Å². The molecule has 0 radical (unpaired) electrons. The Labute approximate surface area is 415 Å². The SMILES string of the molecule is CCCCCC/C=C\CCCCCCCCC(O)C(=O)NC(COC1OC(CO)C(O)C(O)C1O)C(O)C(O)CCC/C=C/CC/C=C/CC/C=C/CCCCCCCCCCCCCCCC. The molecule has 11 nitrogen and oxygen atoms in total. The molecule has 1 amide bonds. The molecule has 68 heavy (non-hydrogen) atoms. The number of hydrogen-bond donors (Lipinski definition) is 8. The fraction of sp³-hybridized carbons (Fsp3) is 0.842. The first kappa shape index (κ1) is 64.1. The Balaban J connectivity index is 2.35. The van der Waals surface area contributed by atoms with E-state index >= 15 is 0 Å². The maximum absolute atomic E-state index is 13.1. The molecule has 0 aromatic heterocycles. The third-order valence-electron chi connectivity index (χ3n) is 13.3. The zero-order valence-corrected chi connectivity index (χ0v) is 43.3. The van der Waals surface area contributed by atoms with Gasteiger partial charge in [0.15, 0.2) is 6.29 Å². The van der Waals surface area contributed by atoms with E-state index in [0.717, 1.165) is 70.6 Å². The number of carbonyl (C=O) groups excluding carboxylic acids is 1. The van der Waals surface area contributed by atoms with Gasteiger partial charge in [0.05, 0.1) is 25.4 Å². The summed E-state index contributed by atoms with van der Waals surface area (Å²) in [6.07, 6.45) is 46.0. The quantitative estimate of drug-likeness (QED) is 0.0215. The summed E-state index contributed by atoms with van der Waals surface area (Å²) in [7, 11) is 0. The standard InChI is InChI=1S/C57H105NO10/c1-3-5-7-9-11-13-15-17-19-20-21-22-23-24-25-26-27-28-29-30-31-33-34-36-38-40-42-44-49(60)52(62)48(47-67-57-55(65)54(64)53(63)51(46-59)68-57)58-56(66)50(61)45-43-41-39-37-35-32-18-16-14-12-10-8-6-4-2/h14,16,26-27,30-31,36,38,48-55,57,59-65H,3-13,15,17-25,28-29,32-35,37,39-47H2,1-2H3,(H,58,66)/b16-14-,27-26+,31-30+,38-36+. The lowest BCUT2D eigenvalue weighted by Crippen LogP contribution is -2.60. The molecule has 11 heteroatoms. The van der Waals surface area contributed by atoms with Crippen LogP contribution in [0, 0.1) is 0 Å². The van der Waals surface area contributed by atoms with Crippen LogP contribution in [-0.4, -0.2) is 110 Å². The molecule has 1 rings (SSSR count). The van der Waals surface area contributed by atoms with Gasteiger partial charge in [0.25, 0.3) is 0 Å². The van der Waals surface area contributed by atoms with Gasteiger partial charge in [-0.25, -0.2) is 0 Å². The number of allylic oxidation sites excluding steroid dienone is 8. The van der Waals surface area contributed by atoms with Crippen LogP contribution in [0.1, 0.15) is 239 Å². The van der Waals surface area contributed by atoms with E-state index in [0.29, 0.717) is 19.3 Å². The zero-order valence-electron chi connectivity index (χ0n) is 43.3. The predicted molar refractivity (Wildman–Crippen MR) is 279 cm³/mol. The van der Waals surface area contributed by atoms with Crippen LogP contribution in [0.2, 0.25) is 0 Å². The van der Waals surface area contributed by atoms with Crippen molar-refractivity contribution in [1.82, 2.24) is 5.32 Å². The number of ether oxygens (including phenoxy) is 2. The number of carbonyl (C=O) groups is 1. The van der Waals surface area contributed by atoms with Gasteiger partial charge in [0.1, 0.15) is 36.6 Å². The van der Waals surface area contributed by atoms with Gasteiger partial charge in [-0.2, -0.15) is 0 Å². The minimum Gasteiger partial charge on any atom is -0.394 e. The van der Waals surface area contributed by atoms with Gasteiger partial charge >= 0.3 is 0 Å². The van der Waals surface area contributed by atoms with Gasteiger partial charge in [-0.15, -0.1) is 0 Å². The summed E-state index contributed by atoms with van der Waals surface area (Å²) >= 11 is 0. The second-order valence-corrected chi connectivity index (χ2v) is 19.6. The van der Waals surface area contributed by atoms with E-state index < -0.39 is 74.2 Å². The van der Waals surface area contributed by atoms with E-state index in [-0.39, 0.29) is 12.8 Å². The van der Waals surface area contributed by atoms with Crippen LogP contribution in [0.25, 0.3) is 0 Å². The fourth-order valence-electron chi connectivity index (χ4n) is 8.70. The summed E-state index contributed by atoms with van der Waals surface area (Å²) in [6.45, 7) is 3.42. The van der Waals surface area contributed by atoms with Gasteiger partial charge in [-0.05, 0) is 89.9 Å². The summed E-state index contributed by atoms with van der Waals surface area (Å²) in [6, 6.07) is -1.20. The molecule has 1 saturated heterocycles. The predicted octanol–water partition coefficient (Wildman–Crippen LogP) is 11.3. The molecule has 1 aliphatic rings. The molecule has 1 aliphatic heterocycles. The molecule has 1 heterocycles. The van der Waals surface area contributed by atoms with Crippen molar-refractivity contribution in [2.45, 2.75) is 294 Å². The van der Waals surface area contributed by atoms with E-state index in [9.17, 15) is 40.5 Å². The van der Waals surface area contributed by atoms with Gasteiger partial charge in [0, 0.05) is 0 Å². The van der Waals surface area contributed by atoms with Crippen molar-refractivity contribution in [2.75, 3.05) is 13.2 Å². The first-order chi connectivity index (χ1) is 33.2. The highest BCUT2D eigenvalue weighted by molar-refractivity contribution is 5.80. The van der Waals surface area contributed by atoms with Crippen molar-refractivity contribution >= 4 is 5.91 Å². The second kappa shape index (κ2) is 46.2. The lowest BCUT2D eigenvalue weighted by Gasteiger charge is -2.40. The minimum absolute atomic E-state index is 0.239. The third kappa shape index (κ3) is 34.4. The van der Waals surface area contributed by atoms with Crippen LogP contribution < -0.4 is 5.32 Å². The Bertz CT molecular complexity index is 1240. The number of unbranched alkanes of at least 4 members (excludes halogenated alkanes) is 27. The largest absolute Gasteiger partial charge is 0.394 e. The van der Waals surface area contributed by atoms with Crippen LogP contribution in [0.15, 0.2) is 48.6 Å². The molecular formula is C57H105NO10. The Morgan fingerprint density at radius 2 is 0.882 bits per heavy atom. The highest BCUT2D eigenvalue weighted by Gasteiger charge is 2.44. The molecule has 398 valence electrons. The molecule has 0 aliphatic carbocycles. The molecule has 9 atom stereocenters. The first-order valence-electron chi connectivity index (χ1n) is 28.0. The van der Waals surface area contributed by atoms with E-state index in [1.54, 1.807) is 0 Å². The van der Waals surface area contributed by atoms with E-state index in [4.69, 9.17) is 9.47 Å². The molecule has 8 N–H and O–H groups in total. The molecule has 0 bridgehead atoms. The van der Waals surface area contributed by atoms with Gasteiger partial charge < -0.3 is 50.5 Å². The van der Waals surface area contributed by atoms with Crippen LogP contribution in [0.4, 0.5) is 0 Å². The smallest absolute Gasteiger partial charge is 0.249 e. The average molecular weight is 964 g/mol. The van der Waals surface area contributed by atoms with Crippen molar-refractivity contribution in [3.8, 4) is 0 Å². The summed E-state index contributed by atoms with van der Waals surface area (Å²) in [5.41, 5.74) is 0. The summed E-state index contributed by atoms with van der Waals surface area (Å²) < 4.78 is 11.1. The monoisotopic (exact) mass is 964 g/mol. The third-order valence-corrected chi connectivity index (χ3v) is 13.3. The maximum Gasteiger partial charge on any atom is 0.249 e. The molecule has 1 fully saturated rings. The lowest BCUT2D eigenvalue weighted by atomic mass is 9.98. The number of amides is 1. The Morgan fingerprint density at radius 3 is 1.32 bits per heavy atom. The number of hydrogen-bond acceptors (Lipinski definition) is 10. The molecule has 9 unspecified atom stereocenters. The molecular weight excluding hydrogens is 859 g/mol. The van der Waals surface area contributed by atoms with Crippen molar-refractivity contribution in [3.05, 3.63) is 48.6 Å². The first-order valence-corrected chi connectivity index (χ1v) is 28.0. The second-order valence-electron chi connectivity index (χ2n) is 19.6.